The summed E-state index contributed by atoms with van der Waals surface area (Å²) in [5, 5.41) is 20.5. The van der Waals surface area contributed by atoms with Gasteiger partial charge in [-0.05, 0) is 209 Å². The molecule has 4 aliphatic heterocycles. The number of aliphatic hydroxyl groups is 1. The second kappa shape index (κ2) is 52.0. The molecule has 9 atom stereocenters. The van der Waals surface area contributed by atoms with Crippen LogP contribution in [0, 0.1) is 17.8 Å². The van der Waals surface area contributed by atoms with Gasteiger partial charge in [-0.2, -0.15) is 0 Å². The van der Waals surface area contributed by atoms with Gasteiger partial charge in [-0.15, -0.1) is 11.8 Å². The molecule has 0 radical (unpaired) electrons. The molecule has 0 spiro atoms. The second-order valence-electron chi connectivity index (χ2n) is 38.7. The number of methoxy groups -OCH3 is 2. The van der Waals surface area contributed by atoms with Gasteiger partial charge >= 0.3 is 12.1 Å². The number of alkyl carbamates (subject to hydrolysis) is 1. The van der Waals surface area contributed by atoms with Crippen molar-refractivity contribution in [3.63, 3.8) is 0 Å². The van der Waals surface area contributed by atoms with Gasteiger partial charge in [0.15, 0.2) is 5.72 Å². The van der Waals surface area contributed by atoms with Crippen LogP contribution in [0.15, 0.2) is 200 Å². The van der Waals surface area contributed by atoms with E-state index in [0.29, 0.717) is 132 Å². The quantitative estimate of drug-likeness (QED) is 0.0119. The number of thioether (sulfide) groups is 1. The van der Waals surface area contributed by atoms with Crippen molar-refractivity contribution in [3.8, 4) is 11.5 Å². The molecule has 34 heteroatoms. The molecule has 8 amide bonds. The second-order valence-corrected chi connectivity index (χ2v) is 40.9. The van der Waals surface area contributed by atoms with Crippen LogP contribution in [0.5, 0.6) is 11.5 Å². The zero-order valence-electron chi connectivity index (χ0n) is 83.5. The molecule has 4 aromatic heterocycles. The van der Waals surface area contributed by atoms with Crippen LogP contribution in [0.3, 0.4) is 0 Å². The predicted octanol–water partition coefficient (Wildman–Crippen LogP) is 14.9. The number of anilines is 1. The number of carbonyl (C=O) groups excluding carboxylic acids is 9. The van der Waals surface area contributed by atoms with E-state index in [9.17, 15) is 43.5 Å². The molecule has 5 fully saturated rings. The molecular weight excluding hydrogens is 1890 g/mol. The number of likely N-dealkylation sites (tertiary alicyclic amines) is 1. The molecule has 144 heavy (non-hydrogen) atoms. The number of halogens is 2. The Morgan fingerprint density at radius 1 is 0.688 bits per heavy atom. The number of rotatable bonds is 44. The minimum absolute atomic E-state index is 0.00755. The van der Waals surface area contributed by atoms with Gasteiger partial charge in [0.05, 0.1) is 91.8 Å². The van der Waals surface area contributed by atoms with Gasteiger partial charge in [0, 0.05) is 165 Å². The highest BCUT2D eigenvalue weighted by Crippen LogP contribution is 2.50. The lowest BCUT2D eigenvalue weighted by Gasteiger charge is -2.42. The third-order valence-electron chi connectivity index (χ3n) is 28.2. The number of aromatic nitrogens is 4. The number of hydrogen-bond donors (Lipinski definition) is 4. The van der Waals surface area contributed by atoms with Gasteiger partial charge in [-0.3, -0.25) is 73.5 Å². The number of epoxide rings is 1. The van der Waals surface area contributed by atoms with Crippen LogP contribution in [-0.2, 0) is 120 Å². The van der Waals surface area contributed by atoms with E-state index in [-0.39, 0.29) is 111 Å². The van der Waals surface area contributed by atoms with Crippen molar-refractivity contribution in [2.75, 3.05) is 98.2 Å². The van der Waals surface area contributed by atoms with Crippen molar-refractivity contribution in [3.05, 3.63) is 266 Å². The first-order valence-corrected chi connectivity index (χ1v) is 51.8. The molecule has 768 valence electrons. The molecule has 4 aromatic carbocycles. The first-order chi connectivity index (χ1) is 69.5. The summed E-state index contributed by atoms with van der Waals surface area (Å²) in [7, 11) is 5.89. The Bertz CT molecular complexity index is 5530. The molecule has 14 rings (SSSR count). The van der Waals surface area contributed by atoms with Crippen molar-refractivity contribution >= 4 is 94.1 Å². The number of imide groups is 1. The summed E-state index contributed by atoms with van der Waals surface area (Å²) >= 11 is 14.6. The number of pyridine rings is 4. The number of ether oxygens (including phenoxy) is 8. The van der Waals surface area contributed by atoms with E-state index in [1.54, 1.807) is 57.3 Å². The van der Waals surface area contributed by atoms with Crippen LogP contribution in [-0.4, -0.2) is 243 Å². The average molecular weight is 2030 g/mol. The highest BCUT2D eigenvalue weighted by Gasteiger charge is 2.65. The Labute approximate surface area is 857 Å². The Morgan fingerprint density at radius 2 is 1.29 bits per heavy atom. The number of nitrogens with one attached hydrogen (secondary N) is 3. The highest BCUT2D eigenvalue weighted by molar-refractivity contribution is 8.00. The monoisotopic (exact) mass is 2030 g/mol. The van der Waals surface area contributed by atoms with E-state index in [4.69, 9.17) is 81.0 Å². The molecule has 8 heterocycles. The summed E-state index contributed by atoms with van der Waals surface area (Å²) in [4.78, 5) is 155. The Kier molecular flexibility index (Phi) is 39.0. The van der Waals surface area contributed by atoms with E-state index in [1.165, 1.54) is 54.7 Å². The lowest BCUT2D eigenvalue weighted by molar-refractivity contribution is -0.162. The van der Waals surface area contributed by atoms with Crippen LogP contribution in [0.2, 0.25) is 10.0 Å². The van der Waals surface area contributed by atoms with Gasteiger partial charge in [0.2, 0.25) is 35.4 Å². The van der Waals surface area contributed by atoms with E-state index in [2.05, 4.69) is 43.9 Å². The Balaban J connectivity index is 0.499. The van der Waals surface area contributed by atoms with Crippen LogP contribution in [0.25, 0.3) is 0 Å². The van der Waals surface area contributed by atoms with Crippen LogP contribution < -0.4 is 30.3 Å². The number of hydrogen-bond acceptors (Lipinski definition) is 25. The van der Waals surface area contributed by atoms with Crippen molar-refractivity contribution in [1.29, 1.82) is 0 Å². The van der Waals surface area contributed by atoms with Gasteiger partial charge in [0.1, 0.15) is 46.5 Å². The number of carbonyl (C=O) groups is 9. The predicted molar refractivity (Wildman–Crippen MR) is 548 cm³/mol. The summed E-state index contributed by atoms with van der Waals surface area (Å²) in [6.45, 7) is 13.5. The molecule has 4 bridgehead atoms. The third-order valence-corrected chi connectivity index (χ3v) is 30.1. The van der Waals surface area contributed by atoms with E-state index >= 15 is 4.79 Å². The summed E-state index contributed by atoms with van der Waals surface area (Å²) in [5.41, 5.74) is 6.31. The molecule has 2 saturated carbocycles. The molecule has 2 unspecified atom stereocenters. The first-order valence-electron chi connectivity index (χ1n) is 50.0. The largest absolute Gasteiger partial charge is 0.495 e. The van der Waals surface area contributed by atoms with Gasteiger partial charge in [0.25, 0.3) is 5.91 Å². The van der Waals surface area contributed by atoms with Crippen molar-refractivity contribution < 1.29 is 86.2 Å². The van der Waals surface area contributed by atoms with E-state index < -0.39 is 88.7 Å². The van der Waals surface area contributed by atoms with Crippen molar-refractivity contribution in [2.45, 2.75) is 229 Å². The number of esters is 1. The molecule has 8 aromatic rings. The van der Waals surface area contributed by atoms with Crippen LogP contribution >= 0.6 is 35.0 Å². The summed E-state index contributed by atoms with van der Waals surface area (Å²) in [5.74, 6) is -2.29. The number of unbranched alkanes of at least 4 members (excludes halogenated alkanes) is 1. The van der Waals surface area contributed by atoms with E-state index in [0.717, 1.165) is 94.0 Å². The molecular formula is C110H135Cl2N13O18S. The van der Waals surface area contributed by atoms with Gasteiger partial charge in [-0.25, -0.2) is 9.59 Å². The summed E-state index contributed by atoms with van der Waals surface area (Å²) in [6.07, 6.45) is 15.6. The van der Waals surface area contributed by atoms with Crippen LogP contribution in [0.1, 0.15) is 185 Å². The molecule has 3 saturated heterocycles. The summed E-state index contributed by atoms with van der Waals surface area (Å²) < 4.78 is 48.1. The minimum atomic E-state index is -1.90. The third kappa shape index (κ3) is 29.4. The first kappa shape index (κ1) is 108. The maximum absolute atomic E-state index is 15.6. The zero-order chi connectivity index (χ0) is 102. The smallest absolute Gasteiger partial charge is 0.409 e. The number of likely N-dealkylation sites (N-methyl/N-ethyl adjacent to an activating group) is 1. The topological polar surface area (TPSA) is 358 Å². The Hall–Kier alpha value is -11.6. The number of amides is 8. The van der Waals surface area contributed by atoms with E-state index in [1.807, 2.05) is 152 Å². The fourth-order valence-electron chi connectivity index (χ4n) is 20.0. The minimum Gasteiger partial charge on any atom is -0.495 e. The lowest BCUT2D eigenvalue weighted by atomic mass is 9.68. The Morgan fingerprint density at radius 3 is 1.88 bits per heavy atom. The SMILES string of the molecule is COc1cc2cc(c1Cl)N(C)C(=O)C[C@H](OC(=O)[C@@H](C)N(C)C(=O)CCSC1CC(=O)N(CC3CCC(C(=O)NCCOCCOCCNC(=O)c4ccc(CN(CCCCOc5cc(CN(Cc6ccccn6)Cc6ccccn6)cc(CN(Cc6ccccn6)Cc6ccccn6)c5)C(=O)C5(c6ccc(Cl)cc6)CCCCC5)cc4)CC3)C1=O)C1(C)O[C@@H]1[C@H](C)[C@@H]1C[C@@](O)(NC(=O)O1)[C@H](OC)/C=C/C=C(\C)C2. The molecule has 2 aliphatic carbocycles. The van der Waals surface area contributed by atoms with Gasteiger partial charge in [-0.1, -0.05) is 128 Å². The molecule has 31 nitrogen and oxygen atoms in total. The molecule has 6 aliphatic rings. The maximum atomic E-state index is 15.6. The van der Waals surface area contributed by atoms with Crippen LogP contribution in [0.4, 0.5) is 10.5 Å². The van der Waals surface area contributed by atoms with Gasteiger partial charge < -0.3 is 68.3 Å². The number of fused-ring (bicyclic) bond motifs is 5. The normalized spacial score (nSPS) is 22.5. The highest BCUT2D eigenvalue weighted by atomic mass is 35.5. The average Bonchev–Trinajstić information content (AvgIpc) is 1.57. The maximum Gasteiger partial charge on any atom is 0.409 e. The summed E-state index contributed by atoms with van der Waals surface area (Å²) in [6, 6.07) is 48.1. The fraction of sp³-hybridized carbons (Fsp3) is 0.482. The molecule has 4 N–H and O–H groups in total. The lowest BCUT2D eigenvalue weighted by Crippen LogP contribution is -2.63. The number of benzene rings is 4. The zero-order valence-corrected chi connectivity index (χ0v) is 85.9. The number of allylic oxidation sites excluding steroid dienone is 3. The van der Waals surface area contributed by atoms with Crippen molar-refractivity contribution in [2.24, 2.45) is 17.8 Å². The standard InChI is InChI=1S/C110H135Cl2N13O18S/c1-74-23-22-28-95(137-8)110(135)65-93(141-107(134)119-110)75(2)101-108(4,143-101)96(64-98(127)121(6)91-61-79(57-74)62-92(136-7)100(91)112)142-105(132)76(3)120(5)97(126)41-56-144-94-63-99(128)125(104(94)131)69-78-31-35-83(36-32-78)103(130)118-49-53-139-55-54-138-52-48-117-102(129)82-33-29-77(30-34-82)68-124(106(133)109(42-14-9-15-43-109)84-37-39-85(111)40-38-84)50-20-21-51-140-90-59-80(66-122(70-86-24-10-16-44-113-86)71-87-25-11-17-45-114-87)58-81(60-90)67-123(72-88-26-12-18-46-115-88)73-89-27-13-19-47-116-89/h10-13,16-19,22-30,33-34,37-40,44-47,58-62,75-76,78,83,93-96,101,135H,9,14-15,20-21,31-32,35-36,41-43,48-57,63-73H2,1-8H3,(H,117,129)(H,118,130)(H,119,134)/b28-22+,74-23+/t75-,76-,78?,83?,93+,94?,95-,96+,101-,108?,110+/m1/s1. The number of nitrogens with zero attached hydrogens (tertiary/aromatic N) is 10. The van der Waals surface area contributed by atoms with Crippen molar-refractivity contribution in [1.82, 2.24) is 60.4 Å². The fourth-order valence-corrected chi connectivity index (χ4v) is 21.5.